The lowest BCUT2D eigenvalue weighted by Crippen LogP contribution is -2.20. The molecule has 0 aromatic heterocycles. The summed E-state index contributed by atoms with van der Waals surface area (Å²) in [5.74, 6) is 0. The van der Waals surface area contributed by atoms with Gasteiger partial charge < -0.3 is 9.64 Å². The zero-order chi connectivity index (χ0) is 12.0. The van der Waals surface area contributed by atoms with E-state index in [2.05, 4.69) is 0 Å². The van der Waals surface area contributed by atoms with Gasteiger partial charge in [-0.15, -0.1) is 0 Å². The molecule has 4 heteroatoms. The number of methoxy groups -OCH3 is 1. The average molecular weight is 242 g/mol. The fourth-order valence-corrected chi connectivity index (χ4v) is 1.71. The van der Waals surface area contributed by atoms with Crippen LogP contribution in [0, 0.1) is 0 Å². The van der Waals surface area contributed by atoms with Crippen LogP contribution in [0.5, 0.6) is 0 Å². The number of hydrogen-bond donors (Lipinski definition) is 0. The summed E-state index contributed by atoms with van der Waals surface area (Å²) in [6, 6.07) is 5.33. The molecule has 16 heavy (non-hydrogen) atoms. The highest BCUT2D eigenvalue weighted by molar-refractivity contribution is 6.31. The molecule has 0 amide bonds. The van der Waals surface area contributed by atoms with E-state index in [1.54, 1.807) is 19.2 Å². The second-order valence-electron chi connectivity index (χ2n) is 3.59. The van der Waals surface area contributed by atoms with Crippen LogP contribution >= 0.6 is 11.6 Å². The minimum Gasteiger partial charge on any atom is -0.385 e. The fourth-order valence-electron chi connectivity index (χ4n) is 1.53. The van der Waals surface area contributed by atoms with Gasteiger partial charge in [-0.3, -0.25) is 4.79 Å². The van der Waals surface area contributed by atoms with Crippen LogP contribution in [-0.2, 0) is 4.74 Å². The lowest BCUT2D eigenvalue weighted by Gasteiger charge is -2.20. The Balaban J connectivity index is 2.74. The van der Waals surface area contributed by atoms with Gasteiger partial charge in [0.2, 0.25) is 0 Å². The molecule has 0 N–H and O–H groups in total. The third-order valence-electron chi connectivity index (χ3n) is 2.37. The van der Waals surface area contributed by atoms with Crippen LogP contribution in [0.25, 0.3) is 0 Å². The van der Waals surface area contributed by atoms with Crippen molar-refractivity contribution in [1.82, 2.24) is 0 Å². The van der Waals surface area contributed by atoms with Crippen LogP contribution in [0.15, 0.2) is 18.2 Å². The van der Waals surface area contributed by atoms with Crippen molar-refractivity contribution in [3.8, 4) is 0 Å². The summed E-state index contributed by atoms with van der Waals surface area (Å²) >= 11 is 5.83. The smallest absolute Gasteiger partial charge is 0.152 e. The lowest BCUT2D eigenvalue weighted by molar-refractivity contribution is 0.112. The summed E-state index contributed by atoms with van der Waals surface area (Å²) < 4.78 is 4.99. The summed E-state index contributed by atoms with van der Waals surface area (Å²) in [7, 11) is 3.63. The van der Waals surface area contributed by atoms with Gasteiger partial charge in [0, 0.05) is 43.6 Å². The number of aldehydes is 1. The molecule has 0 saturated heterocycles. The molecule has 0 saturated carbocycles. The van der Waals surface area contributed by atoms with Crippen molar-refractivity contribution >= 4 is 23.6 Å². The fraction of sp³-hybridized carbons (Fsp3) is 0.417. The molecule has 1 aromatic rings. The average Bonchev–Trinajstić information content (AvgIpc) is 2.29. The number of carbonyl (C=O) groups is 1. The Hall–Kier alpha value is -1.06. The highest BCUT2D eigenvalue weighted by Gasteiger charge is 2.07. The van der Waals surface area contributed by atoms with Crippen molar-refractivity contribution in [3.05, 3.63) is 28.8 Å². The van der Waals surface area contributed by atoms with E-state index in [0.29, 0.717) is 17.2 Å². The minimum absolute atomic E-state index is 0.580. The van der Waals surface area contributed by atoms with Gasteiger partial charge in [0.15, 0.2) is 6.29 Å². The predicted molar refractivity (Wildman–Crippen MR) is 66.6 cm³/mol. The first-order valence-corrected chi connectivity index (χ1v) is 5.51. The summed E-state index contributed by atoms with van der Waals surface area (Å²) in [4.78, 5) is 12.9. The number of carbonyl (C=O) groups excluding carboxylic acids is 1. The molecule has 0 aliphatic carbocycles. The molecular formula is C12H16ClNO2. The maximum atomic E-state index is 10.9. The topological polar surface area (TPSA) is 29.5 Å². The van der Waals surface area contributed by atoms with E-state index in [-0.39, 0.29) is 0 Å². The number of hydrogen-bond acceptors (Lipinski definition) is 3. The molecule has 0 aliphatic heterocycles. The van der Waals surface area contributed by atoms with E-state index in [0.717, 1.165) is 24.9 Å². The van der Waals surface area contributed by atoms with E-state index in [1.807, 2.05) is 18.0 Å². The molecular weight excluding hydrogens is 226 g/mol. The molecule has 0 heterocycles. The zero-order valence-corrected chi connectivity index (χ0v) is 10.3. The number of benzene rings is 1. The molecule has 0 unspecified atom stereocenters. The van der Waals surface area contributed by atoms with Gasteiger partial charge in [-0.25, -0.2) is 0 Å². The Morgan fingerprint density at radius 1 is 1.50 bits per heavy atom. The standard InChI is InChI=1S/C12H16ClNO2/c1-14(6-3-7-16-2)12-5-4-11(13)8-10(12)9-15/h4-5,8-9H,3,6-7H2,1-2H3. The Kier molecular flexibility index (Phi) is 5.29. The number of nitrogens with zero attached hydrogens (tertiary/aromatic N) is 1. The SMILES string of the molecule is COCCCN(C)c1ccc(Cl)cc1C=O. The summed E-state index contributed by atoms with van der Waals surface area (Å²) in [5, 5.41) is 0.580. The molecule has 0 fully saturated rings. The van der Waals surface area contributed by atoms with Crippen LogP contribution in [0.4, 0.5) is 5.69 Å². The van der Waals surface area contributed by atoms with Crippen LogP contribution in [0.3, 0.4) is 0 Å². The summed E-state index contributed by atoms with van der Waals surface area (Å²) in [6.45, 7) is 1.56. The minimum atomic E-state index is 0.580. The molecule has 0 aliphatic rings. The second kappa shape index (κ2) is 6.51. The molecule has 1 aromatic carbocycles. The zero-order valence-electron chi connectivity index (χ0n) is 9.57. The highest BCUT2D eigenvalue weighted by Crippen LogP contribution is 2.22. The molecule has 0 spiro atoms. The molecule has 1 rings (SSSR count). The van der Waals surface area contributed by atoms with Crippen molar-refractivity contribution in [3.63, 3.8) is 0 Å². The van der Waals surface area contributed by atoms with Gasteiger partial charge in [-0.05, 0) is 24.6 Å². The quantitative estimate of drug-likeness (QED) is 0.567. The van der Waals surface area contributed by atoms with Crippen molar-refractivity contribution in [2.75, 3.05) is 32.2 Å². The number of anilines is 1. The number of ether oxygens (including phenoxy) is 1. The van der Waals surface area contributed by atoms with Crippen molar-refractivity contribution in [2.45, 2.75) is 6.42 Å². The third-order valence-corrected chi connectivity index (χ3v) is 2.60. The molecule has 88 valence electrons. The van der Waals surface area contributed by atoms with Crippen molar-refractivity contribution < 1.29 is 9.53 Å². The van der Waals surface area contributed by atoms with Gasteiger partial charge in [-0.1, -0.05) is 11.6 Å². The Morgan fingerprint density at radius 2 is 2.25 bits per heavy atom. The highest BCUT2D eigenvalue weighted by atomic mass is 35.5. The number of halogens is 1. The van der Waals surface area contributed by atoms with Gasteiger partial charge in [0.1, 0.15) is 0 Å². The van der Waals surface area contributed by atoms with Crippen molar-refractivity contribution in [1.29, 1.82) is 0 Å². The predicted octanol–water partition coefficient (Wildman–Crippen LogP) is 2.63. The van der Waals surface area contributed by atoms with Gasteiger partial charge >= 0.3 is 0 Å². The molecule has 0 bridgehead atoms. The number of rotatable bonds is 6. The van der Waals surface area contributed by atoms with Crippen LogP contribution < -0.4 is 4.90 Å². The first kappa shape index (κ1) is 13.0. The third kappa shape index (κ3) is 3.51. The van der Waals surface area contributed by atoms with E-state index < -0.39 is 0 Å². The first-order chi connectivity index (χ1) is 7.69. The maximum absolute atomic E-state index is 10.9. The van der Waals surface area contributed by atoms with E-state index >= 15 is 0 Å². The monoisotopic (exact) mass is 241 g/mol. The second-order valence-corrected chi connectivity index (χ2v) is 4.03. The Morgan fingerprint density at radius 3 is 2.88 bits per heavy atom. The van der Waals surface area contributed by atoms with E-state index in [4.69, 9.17) is 16.3 Å². The molecule has 0 atom stereocenters. The van der Waals surface area contributed by atoms with Crippen LogP contribution in [0.2, 0.25) is 5.02 Å². The van der Waals surface area contributed by atoms with Gasteiger partial charge in [0.05, 0.1) is 0 Å². The maximum Gasteiger partial charge on any atom is 0.152 e. The summed E-state index contributed by atoms with van der Waals surface area (Å²) in [5.41, 5.74) is 1.52. The summed E-state index contributed by atoms with van der Waals surface area (Å²) in [6.07, 6.45) is 1.75. The normalized spacial score (nSPS) is 10.2. The molecule has 0 radical (unpaired) electrons. The van der Waals surface area contributed by atoms with Crippen LogP contribution in [0.1, 0.15) is 16.8 Å². The Bertz CT molecular complexity index is 355. The largest absolute Gasteiger partial charge is 0.385 e. The van der Waals surface area contributed by atoms with Crippen LogP contribution in [-0.4, -0.2) is 33.6 Å². The van der Waals surface area contributed by atoms with Gasteiger partial charge in [-0.2, -0.15) is 0 Å². The lowest BCUT2D eigenvalue weighted by atomic mass is 10.2. The van der Waals surface area contributed by atoms with Gasteiger partial charge in [0.25, 0.3) is 0 Å². The van der Waals surface area contributed by atoms with Crippen molar-refractivity contribution in [2.24, 2.45) is 0 Å². The first-order valence-electron chi connectivity index (χ1n) is 5.14. The van der Waals surface area contributed by atoms with E-state index in [9.17, 15) is 4.79 Å². The molecule has 3 nitrogen and oxygen atoms in total. The van der Waals surface area contributed by atoms with E-state index in [1.165, 1.54) is 0 Å². The Labute approximate surface area is 101 Å².